The van der Waals surface area contributed by atoms with Gasteiger partial charge in [-0.25, -0.2) is 4.68 Å². The quantitative estimate of drug-likeness (QED) is 0.860. The summed E-state index contributed by atoms with van der Waals surface area (Å²) in [6.07, 6.45) is 0. The van der Waals surface area contributed by atoms with E-state index < -0.39 is 18.4 Å². The van der Waals surface area contributed by atoms with E-state index >= 15 is 0 Å². The second-order valence-corrected chi connectivity index (χ2v) is 5.62. The number of carbonyl (C=O) groups excluding carboxylic acids is 1. The zero-order valence-electron chi connectivity index (χ0n) is 13.5. The van der Waals surface area contributed by atoms with Crippen LogP contribution in [0.5, 0.6) is 0 Å². The van der Waals surface area contributed by atoms with Crippen LogP contribution in [-0.2, 0) is 11.3 Å². The fourth-order valence-electron chi connectivity index (χ4n) is 2.21. The maximum atomic E-state index is 12.5. The highest BCUT2D eigenvalue weighted by atomic mass is 16.4. The van der Waals surface area contributed by atoms with Crippen LogP contribution in [-0.4, -0.2) is 44.3 Å². The number of benzene rings is 1. The van der Waals surface area contributed by atoms with E-state index in [9.17, 15) is 14.4 Å². The van der Waals surface area contributed by atoms with Crippen LogP contribution in [0.4, 0.5) is 0 Å². The Bertz CT molecular complexity index is 784. The van der Waals surface area contributed by atoms with Gasteiger partial charge in [0.25, 0.3) is 11.5 Å². The second-order valence-electron chi connectivity index (χ2n) is 5.62. The SMILES string of the molecule is CC(C)N(CC(=O)O)C(=O)c1ccc(=O)n(Cc2ccccc2)n1. The molecule has 1 heterocycles. The van der Waals surface area contributed by atoms with E-state index in [1.54, 1.807) is 13.8 Å². The van der Waals surface area contributed by atoms with Gasteiger partial charge in [-0.2, -0.15) is 5.10 Å². The third-order valence-corrected chi connectivity index (χ3v) is 3.45. The van der Waals surface area contributed by atoms with Gasteiger partial charge >= 0.3 is 5.97 Å². The molecular formula is C17H19N3O4. The lowest BCUT2D eigenvalue weighted by atomic mass is 10.2. The van der Waals surface area contributed by atoms with Crippen molar-refractivity contribution in [3.8, 4) is 0 Å². The summed E-state index contributed by atoms with van der Waals surface area (Å²) < 4.78 is 1.20. The van der Waals surface area contributed by atoms with Gasteiger partial charge in [0.05, 0.1) is 6.54 Å². The van der Waals surface area contributed by atoms with E-state index in [4.69, 9.17) is 5.11 Å². The predicted octanol–water partition coefficient (Wildman–Crippen LogP) is 1.23. The average Bonchev–Trinajstić information content (AvgIpc) is 2.54. The number of aromatic nitrogens is 2. The van der Waals surface area contributed by atoms with E-state index in [0.29, 0.717) is 0 Å². The molecule has 7 nitrogen and oxygen atoms in total. The molecule has 2 aromatic rings. The van der Waals surface area contributed by atoms with Crippen molar-refractivity contribution in [2.75, 3.05) is 6.54 Å². The number of amides is 1. The number of hydrogen-bond acceptors (Lipinski definition) is 4. The fraction of sp³-hybridized carbons (Fsp3) is 0.294. The van der Waals surface area contributed by atoms with Crippen molar-refractivity contribution < 1.29 is 14.7 Å². The van der Waals surface area contributed by atoms with Gasteiger partial charge in [0.2, 0.25) is 0 Å². The molecule has 126 valence electrons. The highest BCUT2D eigenvalue weighted by Gasteiger charge is 2.23. The van der Waals surface area contributed by atoms with Crippen molar-refractivity contribution in [2.24, 2.45) is 0 Å². The Labute approximate surface area is 139 Å². The van der Waals surface area contributed by atoms with Gasteiger partial charge in [0, 0.05) is 12.1 Å². The zero-order chi connectivity index (χ0) is 17.7. The molecule has 0 bridgehead atoms. The first kappa shape index (κ1) is 17.4. The zero-order valence-corrected chi connectivity index (χ0v) is 13.5. The molecule has 1 aromatic heterocycles. The van der Waals surface area contributed by atoms with Crippen molar-refractivity contribution in [3.05, 3.63) is 64.1 Å². The van der Waals surface area contributed by atoms with Crippen molar-refractivity contribution >= 4 is 11.9 Å². The summed E-state index contributed by atoms with van der Waals surface area (Å²) in [5, 5.41) is 13.1. The summed E-state index contributed by atoms with van der Waals surface area (Å²) in [4.78, 5) is 36.6. The summed E-state index contributed by atoms with van der Waals surface area (Å²) in [7, 11) is 0. The summed E-state index contributed by atoms with van der Waals surface area (Å²) in [5.41, 5.74) is 0.591. The Hall–Kier alpha value is -2.96. The predicted molar refractivity (Wildman–Crippen MR) is 87.8 cm³/mol. The molecule has 1 aromatic carbocycles. The van der Waals surface area contributed by atoms with Crippen LogP contribution in [0.2, 0.25) is 0 Å². The summed E-state index contributed by atoms with van der Waals surface area (Å²) in [6.45, 7) is 3.26. The van der Waals surface area contributed by atoms with Gasteiger partial charge in [-0.15, -0.1) is 0 Å². The minimum atomic E-state index is -1.10. The Morgan fingerprint density at radius 1 is 1.17 bits per heavy atom. The van der Waals surface area contributed by atoms with Crippen molar-refractivity contribution in [1.29, 1.82) is 0 Å². The van der Waals surface area contributed by atoms with E-state index in [0.717, 1.165) is 5.56 Å². The third-order valence-electron chi connectivity index (χ3n) is 3.45. The molecule has 1 amide bonds. The van der Waals surface area contributed by atoms with Gasteiger partial charge in [-0.05, 0) is 25.5 Å². The molecule has 7 heteroatoms. The monoisotopic (exact) mass is 329 g/mol. The van der Waals surface area contributed by atoms with Crippen LogP contribution in [0.15, 0.2) is 47.3 Å². The second kappa shape index (κ2) is 7.54. The van der Waals surface area contributed by atoms with Crippen molar-refractivity contribution in [3.63, 3.8) is 0 Å². The topological polar surface area (TPSA) is 92.5 Å². The molecule has 2 rings (SSSR count). The molecule has 0 aliphatic carbocycles. The standard InChI is InChI=1S/C17H19N3O4/c1-12(2)19(11-16(22)23)17(24)14-8-9-15(21)20(18-14)10-13-6-4-3-5-7-13/h3-9,12H,10-11H2,1-2H3,(H,22,23). The van der Waals surface area contributed by atoms with Gasteiger partial charge in [-0.3, -0.25) is 14.4 Å². The van der Waals surface area contributed by atoms with Crippen LogP contribution in [0.1, 0.15) is 29.9 Å². The molecule has 0 radical (unpaired) electrons. The Kier molecular flexibility index (Phi) is 5.47. The number of rotatable bonds is 6. The average molecular weight is 329 g/mol. The smallest absolute Gasteiger partial charge is 0.323 e. The molecule has 0 unspecified atom stereocenters. The molecule has 0 aliphatic heterocycles. The van der Waals surface area contributed by atoms with Crippen LogP contribution in [0.3, 0.4) is 0 Å². The fourth-order valence-corrected chi connectivity index (χ4v) is 2.21. The van der Waals surface area contributed by atoms with E-state index in [1.165, 1.54) is 21.7 Å². The van der Waals surface area contributed by atoms with Crippen LogP contribution < -0.4 is 5.56 Å². The molecule has 0 saturated heterocycles. The number of carbonyl (C=O) groups is 2. The van der Waals surface area contributed by atoms with Gasteiger partial charge < -0.3 is 10.0 Å². The largest absolute Gasteiger partial charge is 0.480 e. The highest BCUT2D eigenvalue weighted by molar-refractivity contribution is 5.94. The first-order chi connectivity index (χ1) is 11.4. The summed E-state index contributed by atoms with van der Waals surface area (Å²) in [5.74, 6) is -1.62. The summed E-state index contributed by atoms with van der Waals surface area (Å²) >= 11 is 0. The van der Waals surface area contributed by atoms with E-state index in [1.807, 2.05) is 30.3 Å². The van der Waals surface area contributed by atoms with Crippen molar-refractivity contribution in [1.82, 2.24) is 14.7 Å². The number of carboxylic acid groups (broad SMARTS) is 1. The third kappa shape index (κ3) is 4.28. The first-order valence-electron chi connectivity index (χ1n) is 7.53. The number of nitrogens with zero attached hydrogens (tertiary/aromatic N) is 3. The maximum Gasteiger partial charge on any atom is 0.323 e. The molecule has 1 N–H and O–H groups in total. The first-order valence-corrected chi connectivity index (χ1v) is 7.53. The molecule has 0 spiro atoms. The summed E-state index contributed by atoms with van der Waals surface area (Å²) in [6, 6.07) is 11.6. The number of aliphatic carboxylic acids is 1. The Balaban J connectivity index is 2.31. The lowest BCUT2D eigenvalue weighted by molar-refractivity contribution is -0.138. The van der Waals surface area contributed by atoms with Gasteiger partial charge in [0.15, 0.2) is 0 Å². The number of hydrogen-bond donors (Lipinski definition) is 1. The van der Waals surface area contributed by atoms with Crippen molar-refractivity contribution in [2.45, 2.75) is 26.4 Å². The van der Waals surface area contributed by atoms with Gasteiger partial charge in [-0.1, -0.05) is 30.3 Å². The van der Waals surface area contributed by atoms with E-state index in [2.05, 4.69) is 5.10 Å². The van der Waals surface area contributed by atoms with Gasteiger partial charge in [0.1, 0.15) is 12.2 Å². The molecule has 0 aliphatic rings. The lowest BCUT2D eigenvalue weighted by Crippen LogP contribution is -2.41. The minimum Gasteiger partial charge on any atom is -0.480 e. The molecule has 0 fully saturated rings. The molecular weight excluding hydrogens is 310 g/mol. The normalized spacial score (nSPS) is 10.6. The Morgan fingerprint density at radius 2 is 1.83 bits per heavy atom. The van der Waals surface area contributed by atoms with Crippen LogP contribution in [0.25, 0.3) is 0 Å². The van der Waals surface area contributed by atoms with Crippen LogP contribution in [0, 0.1) is 0 Å². The highest BCUT2D eigenvalue weighted by Crippen LogP contribution is 2.06. The molecule has 0 atom stereocenters. The minimum absolute atomic E-state index is 0.0421. The molecule has 0 saturated carbocycles. The maximum absolute atomic E-state index is 12.5. The van der Waals surface area contributed by atoms with Crippen LogP contribution >= 0.6 is 0 Å². The Morgan fingerprint density at radius 3 is 2.42 bits per heavy atom. The van der Waals surface area contributed by atoms with E-state index in [-0.39, 0.29) is 23.8 Å². The lowest BCUT2D eigenvalue weighted by Gasteiger charge is -2.24. The number of carboxylic acids is 1. The molecule has 24 heavy (non-hydrogen) atoms.